The predicted molar refractivity (Wildman–Crippen MR) is 79.7 cm³/mol. The van der Waals surface area contributed by atoms with E-state index in [4.69, 9.17) is 10.00 Å². The summed E-state index contributed by atoms with van der Waals surface area (Å²) in [5, 5.41) is 12.1. The van der Waals surface area contributed by atoms with Crippen molar-refractivity contribution in [2.45, 2.75) is 12.8 Å². The molecule has 1 heterocycles. The molecule has 0 saturated carbocycles. The lowest BCUT2D eigenvalue weighted by molar-refractivity contribution is 0.199. The van der Waals surface area contributed by atoms with E-state index in [1.807, 2.05) is 12.1 Å². The van der Waals surface area contributed by atoms with E-state index in [-0.39, 0.29) is 0 Å². The molecule has 1 N–H and O–H groups in total. The quantitative estimate of drug-likeness (QED) is 0.859. The zero-order valence-corrected chi connectivity index (χ0v) is 12.1. The fourth-order valence-electron chi connectivity index (χ4n) is 2.54. The molecule has 4 nitrogen and oxygen atoms in total. The van der Waals surface area contributed by atoms with Gasteiger partial charge >= 0.3 is 0 Å². The Labute approximate surface area is 121 Å². The van der Waals surface area contributed by atoms with Crippen LogP contribution in [0.2, 0.25) is 0 Å². The zero-order chi connectivity index (χ0) is 14.2. The minimum Gasteiger partial charge on any atom is -0.492 e. The van der Waals surface area contributed by atoms with Crippen molar-refractivity contribution in [2.75, 3.05) is 39.8 Å². The van der Waals surface area contributed by atoms with E-state index in [1.165, 1.54) is 12.8 Å². The first kappa shape index (κ1) is 14.8. The molecule has 0 amide bonds. The minimum absolute atomic E-state index is 0.667. The molecule has 1 aliphatic rings. The van der Waals surface area contributed by atoms with Gasteiger partial charge in [-0.2, -0.15) is 5.26 Å². The zero-order valence-electron chi connectivity index (χ0n) is 12.1. The van der Waals surface area contributed by atoms with E-state index < -0.39 is 0 Å². The van der Waals surface area contributed by atoms with Crippen molar-refractivity contribution < 1.29 is 4.74 Å². The number of likely N-dealkylation sites (N-methyl/N-ethyl adjacent to an activating group) is 1. The summed E-state index contributed by atoms with van der Waals surface area (Å²) >= 11 is 0. The number of hydrogen-bond acceptors (Lipinski definition) is 4. The van der Waals surface area contributed by atoms with E-state index >= 15 is 0 Å². The second-order valence-corrected chi connectivity index (χ2v) is 5.44. The summed E-state index contributed by atoms with van der Waals surface area (Å²) in [7, 11) is 2.16. The third kappa shape index (κ3) is 4.84. The normalized spacial score (nSPS) is 16.1. The van der Waals surface area contributed by atoms with Crippen LogP contribution in [0.5, 0.6) is 5.75 Å². The Morgan fingerprint density at radius 1 is 1.30 bits per heavy atom. The maximum absolute atomic E-state index is 8.73. The van der Waals surface area contributed by atoms with Crippen molar-refractivity contribution in [1.29, 1.82) is 5.26 Å². The number of hydrogen-bond donors (Lipinski definition) is 1. The van der Waals surface area contributed by atoms with Crippen molar-refractivity contribution >= 4 is 0 Å². The predicted octanol–water partition coefficient (Wildman–Crippen LogP) is 1.87. The molecule has 1 aliphatic heterocycles. The maximum atomic E-state index is 8.73. The fraction of sp³-hybridized carbons (Fsp3) is 0.562. The van der Waals surface area contributed by atoms with Gasteiger partial charge in [0.1, 0.15) is 12.4 Å². The Morgan fingerprint density at radius 2 is 2.00 bits per heavy atom. The van der Waals surface area contributed by atoms with Crippen molar-refractivity contribution in [3.63, 3.8) is 0 Å². The summed E-state index contributed by atoms with van der Waals surface area (Å²) < 4.78 is 5.70. The smallest absolute Gasteiger partial charge is 0.119 e. The average Bonchev–Trinajstić information content (AvgIpc) is 2.49. The average molecular weight is 273 g/mol. The molecule has 1 aromatic carbocycles. The largest absolute Gasteiger partial charge is 0.492 e. The Balaban J connectivity index is 1.65. The molecule has 0 radical (unpaired) electrons. The SMILES string of the molecule is CN(CCOc1ccc(C#N)cc1)CC1CCNCC1. The molecule has 108 valence electrons. The van der Waals surface area contributed by atoms with Crippen LogP contribution in [0, 0.1) is 17.2 Å². The standard InChI is InChI=1S/C16H23N3O/c1-19(13-15-6-8-18-9-7-15)10-11-20-16-4-2-14(12-17)3-5-16/h2-5,15,18H,6-11,13H2,1H3. The van der Waals surface area contributed by atoms with E-state index in [9.17, 15) is 0 Å². The number of benzene rings is 1. The van der Waals surface area contributed by atoms with Crippen LogP contribution >= 0.6 is 0 Å². The Bertz CT molecular complexity index is 432. The number of nitrogens with one attached hydrogen (secondary N) is 1. The summed E-state index contributed by atoms with van der Waals surface area (Å²) in [6.45, 7) is 5.08. The van der Waals surface area contributed by atoms with Crippen LogP contribution in [-0.2, 0) is 0 Å². The van der Waals surface area contributed by atoms with Gasteiger partial charge in [-0.1, -0.05) is 0 Å². The lowest BCUT2D eigenvalue weighted by Gasteiger charge is -2.27. The second-order valence-electron chi connectivity index (χ2n) is 5.44. The topological polar surface area (TPSA) is 48.3 Å². The van der Waals surface area contributed by atoms with E-state index in [0.717, 1.165) is 37.8 Å². The second kappa shape index (κ2) is 7.88. The molecule has 2 rings (SSSR count). The first-order chi connectivity index (χ1) is 9.78. The number of rotatable bonds is 6. The van der Waals surface area contributed by atoms with Crippen molar-refractivity contribution in [1.82, 2.24) is 10.2 Å². The van der Waals surface area contributed by atoms with Crippen molar-refractivity contribution in [3.8, 4) is 11.8 Å². The highest BCUT2D eigenvalue weighted by Gasteiger charge is 2.14. The van der Waals surface area contributed by atoms with Gasteiger partial charge in [0.05, 0.1) is 11.6 Å². The summed E-state index contributed by atoms with van der Waals surface area (Å²) in [5.74, 6) is 1.65. The van der Waals surface area contributed by atoms with Crippen LogP contribution in [-0.4, -0.2) is 44.7 Å². The maximum Gasteiger partial charge on any atom is 0.119 e. The third-order valence-electron chi connectivity index (χ3n) is 3.75. The highest BCUT2D eigenvalue weighted by Crippen LogP contribution is 2.13. The molecule has 1 aromatic rings. The van der Waals surface area contributed by atoms with Gasteiger partial charge in [0.25, 0.3) is 0 Å². The number of nitrogens with zero attached hydrogens (tertiary/aromatic N) is 2. The van der Waals surface area contributed by atoms with E-state index in [0.29, 0.717) is 12.2 Å². The lowest BCUT2D eigenvalue weighted by Crippen LogP contribution is -2.36. The molecule has 0 aliphatic carbocycles. The van der Waals surface area contributed by atoms with Gasteiger partial charge in [-0.15, -0.1) is 0 Å². The summed E-state index contributed by atoms with van der Waals surface area (Å²) in [6, 6.07) is 9.38. The van der Waals surface area contributed by atoms with Gasteiger partial charge in [-0.25, -0.2) is 0 Å². The van der Waals surface area contributed by atoms with Gasteiger partial charge in [0.15, 0.2) is 0 Å². The van der Waals surface area contributed by atoms with Crippen molar-refractivity contribution in [3.05, 3.63) is 29.8 Å². The summed E-state index contributed by atoms with van der Waals surface area (Å²) in [6.07, 6.45) is 2.56. The van der Waals surface area contributed by atoms with Gasteiger partial charge in [-0.05, 0) is 63.2 Å². The van der Waals surface area contributed by atoms with E-state index in [1.54, 1.807) is 12.1 Å². The molecule has 1 saturated heterocycles. The van der Waals surface area contributed by atoms with Gasteiger partial charge < -0.3 is 15.0 Å². The summed E-state index contributed by atoms with van der Waals surface area (Å²) in [4.78, 5) is 2.35. The van der Waals surface area contributed by atoms with Crippen LogP contribution in [0.3, 0.4) is 0 Å². The third-order valence-corrected chi connectivity index (χ3v) is 3.75. The highest BCUT2D eigenvalue weighted by atomic mass is 16.5. The Kier molecular flexibility index (Phi) is 5.85. The summed E-state index contributed by atoms with van der Waals surface area (Å²) in [5.41, 5.74) is 0.667. The Hall–Kier alpha value is -1.57. The monoisotopic (exact) mass is 273 g/mol. The first-order valence-electron chi connectivity index (χ1n) is 7.30. The van der Waals surface area contributed by atoms with Crippen LogP contribution in [0.4, 0.5) is 0 Å². The molecule has 0 aromatic heterocycles. The molecule has 20 heavy (non-hydrogen) atoms. The van der Waals surface area contributed by atoms with Crippen LogP contribution in [0.25, 0.3) is 0 Å². The molecular weight excluding hydrogens is 250 g/mol. The van der Waals surface area contributed by atoms with Crippen LogP contribution in [0.1, 0.15) is 18.4 Å². The molecule has 0 atom stereocenters. The van der Waals surface area contributed by atoms with Crippen LogP contribution in [0.15, 0.2) is 24.3 Å². The molecular formula is C16H23N3O. The van der Waals surface area contributed by atoms with Gasteiger partial charge in [0.2, 0.25) is 0 Å². The number of nitriles is 1. The van der Waals surface area contributed by atoms with Crippen molar-refractivity contribution in [2.24, 2.45) is 5.92 Å². The highest BCUT2D eigenvalue weighted by molar-refractivity contribution is 5.34. The molecule has 0 unspecified atom stereocenters. The van der Waals surface area contributed by atoms with Crippen LogP contribution < -0.4 is 10.1 Å². The lowest BCUT2D eigenvalue weighted by atomic mass is 9.98. The van der Waals surface area contributed by atoms with Gasteiger partial charge in [0, 0.05) is 13.1 Å². The number of ether oxygens (including phenoxy) is 1. The van der Waals surface area contributed by atoms with E-state index in [2.05, 4.69) is 23.3 Å². The fourth-order valence-corrected chi connectivity index (χ4v) is 2.54. The molecule has 0 bridgehead atoms. The number of piperidine rings is 1. The Morgan fingerprint density at radius 3 is 2.65 bits per heavy atom. The molecule has 1 fully saturated rings. The first-order valence-corrected chi connectivity index (χ1v) is 7.30. The molecule has 4 heteroatoms. The molecule has 0 spiro atoms. The minimum atomic E-state index is 0.667. The van der Waals surface area contributed by atoms with Gasteiger partial charge in [-0.3, -0.25) is 0 Å².